The minimum absolute atomic E-state index is 0.0116. The van der Waals surface area contributed by atoms with Crippen molar-refractivity contribution in [2.75, 3.05) is 47.1 Å². The summed E-state index contributed by atoms with van der Waals surface area (Å²) in [7, 11) is 3.25. The largest absolute Gasteiger partial charge is 0.467 e. The number of methoxy groups -OCH3 is 1. The molecule has 3 amide bonds. The Morgan fingerprint density at radius 2 is 1.88 bits per heavy atom. The first-order valence-corrected chi connectivity index (χ1v) is 19.5. The summed E-state index contributed by atoms with van der Waals surface area (Å²) in [5.41, 5.74) is 1.77. The van der Waals surface area contributed by atoms with Crippen molar-refractivity contribution in [3.63, 3.8) is 0 Å². The van der Waals surface area contributed by atoms with Crippen LogP contribution in [0.2, 0.25) is 0 Å². The number of amides is 3. The molecular weight excluding hydrogens is 716 g/mol. The van der Waals surface area contributed by atoms with Crippen molar-refractivity contribution in [1.29, 1.82) is 0 Å². The molecule has 312 valence electrons. The van der Waals surface area contributed by atoms with E-state index >= 15 is 0 Å². The summed E-state index contributed by atoms with van der Waals surface area (Å²) in [5, 5.41) is 2.85. The second kappa shape index (κ2) is 26.3. The standard InChI is InChI=1S/C29H41N3O8.C12H19NO.C2H6/c1-19(2)26(27(35)32-13-5-7-20(32)3)31-25(34)12-10-21-9-11-23-22(17-21)18-29(40-23,24(33)8-6-14-39-30)28(36)38-16-15-37-4;1-5-12(9-13(4)10-14)8-6-7-11(2)3;1-2/h9-12,17,19-20,26H,5-8,13-16,18,30H2,1-4H3,(H,31,34);5-6,8,10H,2,7,9H2,1,3-4H3;1-2H3/b12-10+;8-6?,12-5+;/t20?,26?,29-;;/m1../s1. The minimum atomic E-state index is -1.82. The maximum atomic E-state index is 13.2. The fourth-order valence-corrected chi connectivity index (χ4v) is 5.97. The summed E-state index contributed by atoms with van der Waals surface area (Å²) < 4.78 is 16.2. The van der Waals surface area contributed by atoms with Crippen LogP contribution in [0.15, 0.2) is 60.2 Å². The molecule has 0 aromatic heterocycles. The predicted octanol–water partition coefficient (Wildman–Crippen LogP) is 5.52. The first-order chi connectivity index (χ1) is 26.7. The number of benzene rings is 1. The second-order valence-corrected chi connectivity index (χ2v) is 14.0. The van der Waals surface area contributed by atoms with Crippen LogP contribution < -0.4 is 16.0 Å². The molecule has 56 heavy (non-hydrogen) atoms. The number of fused-ring (bicyclic) bond motifs is 1. The van der Waals surface area contributed by atoms with Gasteiger partial charge in [-0.1, -0.05) is 64.1 Å². The van der Waals surface area contributed by atoms with E-state index in [1.165, 1.54) is 13.2 Å². The van der Waals surface area contributed by atoms with Crippen molar-refractivity contribution in [2.45, 2.75) is 105 Å². The van der Waals surface area contributed by atoms with Crippen molar-refractivity contribution < 1.29 is 43.0 Å². The number of carbonyl (C=O) groups excluding carboxylic acids is 5. The molecule has 1 saturated heterocycles. The Labute approximate surface area is 334 Å². The van der Waals surface area contributed by atoms with Gasteiger partial charge in [0.25, 0.3) is 5.60 Å². The van der Waals surface area contributed by atoms with E-state index in [4.69, 9.17) is 20.1 Å². The third-order valence-electron chi connectivity index (χ3n) is 9.05. The lowest BCUT2D eigenvalue weighted by Gasteiger charge is -2.29. The number of rotatable bonds is 20. The zero-order chi connectivity index (χ0) is 42.3. The van der Waals surface area contributed by atoms with Crippen LogP contribution in [0.1, 0.15) is 91.7 Å². The van der Waals surface area contributed by atoms with Gasteiger partial charge in [0, 0.05) is 52.2 Å². The van der Waals surface area contributed by atoms with Gasteiger partial charge in [-0.25, -0.2) is 10.7 Å². The van der Waals surface area contributed by atoms with E-state index in [9.17, 15) is 24.0 Å². The van der Waals surface area contributed by atoms with Gasteiger partial charge in [-0.2, -0.15) is 0 Å². The highest BCUT2D eigenvalue weighted by Crippen LogP contribution is 2.38. The Bertz CT molecular complexity index is 1510. The van der Waals surface area contributed by atoms with Gasteiger partial charge in [-0.15, -0.1) is 0 Å². The molecule has 0 radical (unpaired) electrons. The zero-order valence-corrected chi connectivity index (χ0v) is 35.1. The number of hydrogen-bond donors (Lipinski definition) is 2. The highest BCUT2D eigenvalue weighted by molar-refractivity contribution is 6.08. The topological polar surface area (TPSA) is 167 Å². The number of esters is 1. The molecule has 0 aliphatic carbocycles. The Morgan fingerprint density at radius 1 is 1.16 bits per heavy atom. The van der Waals surface area contributed by atoms with Gasteiger partial charge in [-0.05, 0) is 87.3 Å². The van der Waals surface area contributed by atoms with E-state index in [1.54, 1.807) is 36.2 Å². The number of ether oxygens (including phenoxy) is 3. The van der Waals surface area contributed by atoms with Crippen molar-refractivity contribution >= 4 is 36.1 Å². The van der Waals surface area contributed by atoms with Gasteiger partial charge >= 0.3 is 5.97 Å². The first kappa shape index (κ1) is 49.4. The number of nitrogens with zero attached hydrogens (tertiary/aromatic N) is 2. The van der Waals surface area contributed by atoms with Crippen LogP contribution in [-0.2, 0) is 44.7 Å². The Morgan fingerprint density at radius 3 is 2.45 bits per heavy atom. The molecule has 0 bridgehead atoms. The molecular formula is C43H66N4O9. The number of carbonyl (C=O) groups is 5. The Hall–Kier alpha value is -4.59. The quantitative estimate of drug-likeness (QED) is 0.0251. The summed E-state index contributed by atoms with van der Waals surface area (Å²) in [5.74, 6) is 3.72. The molecule has 13 nitrogen and oxygen atoms in total. The number of nitrogens with two attached hydrogens (primary N) is 1. The van der Waals surface area contributed by atoms with E-state index in [0.717, 1.165) is 36.8 Å². The first-order valence-electron chi connectivity index (χ1n) is 19.5. The molecule has 2 unspecified atom stereocenters. The number of allylic oxidation sites excluding steroid dienone is 3. The lowest BCUT2D eigenvalue weighted by Crippen LogP contribution is -2.52. The van der Waals surface area contributed by atoms with Crippen LogP contribution in [0.4, 0.5) is 0 Å². The van der Waals surface area contributed by atoms with Crippen LogP contribution in [0.3, 0.4) is 0 Å². The third kappa shape index (κ3) is 15.9. The molecule has 1 aromatic carbocycles. The van der Waals surface area contributed by atoms with E-state index in [-0.39, 0.29) is 56.4 Å². The molecule has 1 fully saturated rings. The van der Waals surface area contributed by atoms with Gasteiger partial charge in [-0.3, -0.25) is 19.2 Å². The monoisotopic (exact) mass is 782 g/mol. The summed E-state index contributed by atoms with van der Waals surface area (Å²) in [4.78, 5) is 70.4. The second-order valence-electron chi connectivity index (χ2n) is 14.0. The van der Waals surface area contributed by atoms with E-state index < -0.39 is 23.4 Å². The van der Waals surface area contributed by atoms with Crippen LogP contribution in [-0.4, -0.2) is 105 Å². The molecule has 2 aliphatic heterocycles. The normalized spacial score (nSPS) is 17.9. The number of likely N-dealkylation sites (N-methyl/N-ethyl adjacent to an activating group) is 1. The average molecular weight is 783 g/mol. The number of nitrogens with one attached hydrogen (secondary N) is 1. The summed E-state index contributed by atoms with van der Waals surface area (Å²) in [6.07, 6.45) is 13.1. The molecule has 0 spiro atoms. The summed E-state index contributed by atoms with van der Waals surface area (Å²) >= 11 is 0. The maximum absolute atomic E-state index is 13.2. The highest BCUT2D eigenvalue weighted by atomic mass is 16.6. The smallest absolute Gasteiger partial charge is 0.358 e. The van der Waals surface area contributed by atoms with Gasteiger partial charge in [0.2, 0.25) is 18.2 Å². The number of Topliss-reactive ketones (excluding diaryl/α,β-unsaturated/α-hetero) is 1. The van der Waals surface area contributed by atoms with Crippen molar-refractivity contribution in [3.05, 3.63) is 71.4 Å². The Kier molecular flexibility index (Phi) is 23.2. The molecule has 1 aromatic rings. The van der Waals surface area contributed by atoms with Crippen LogP contribution in [0.5, 0.6) is 5.75 Å². The van der Waals surface area contributed by atoms with E-state index in [0.29, 0.717) is 36.4 Å². The van der Waals surface area contributed by atoms with E-state index in [2.05, 4.69) is 22.8 Å². The molecule has 3 atom stereocenters. The summed E-state index contributed by atoms with van der Waals surface area (Å²) in [6.45, 7) is 19.3. The lowest BCUT2D eigenvalue weighted by atomic mass is 9.89. The van der Waals surface area contributed by atoms with Crippen LogP contribution in [0, 0.1) is 5.92 Å². The van der Waals surface area contributed by atoms with Crippen molar-refractivity contribution in [3.8, 4) is 5.75 Å². The zero-order valence-electron chi connectivity index (χ0n) is 35.1. The van der Waals surface area contributed by atoms with Crippen LogP contribution >= 0.6 is 0 Å². The molecule has 0 saturated carbocycles. The Balaban J connectivity index is 0.000000827. The minimum Gasteiger partial charge on any atom is -0.467 e. The van der Waals surface area contributed by atoms with Gasteiger partial charge in [0.1, 0.15) is 18.4 Å². The SMILES string of the molecule is C=C(C)CC=C/C(=C\C)CN(C)C=O.CC.COCCOC(=O)[C@]1(C(=O)CCCON)Cc2cc(/C=C/C(=O)NC(C(=O)N3CCCC3C)C(C)C)ccc2O1. The maximum Gasteiger partial charge on any atom is 0.358 e. The predicted molar refractivity (Wildman–Crippen MR) is 219 cm³/mol. The van der Waals surface area contributed by atoms with E-state index in [1.807, 2.05) is 65.5 Å². The average Bonchev–Trinajstić information content (AvgIpc) is 3.80. The number of likely N-dealkylation sites (tertiary alicyclic amines) is 1. The third-order valence-corrected chi connectivity index (χ3v) is 9.05. The fourth-order valence-electron chi connectivity index (χ4n) is 5.97. The molecule has 2 aliphatic rings. The van der Waals surface area contributed by atoms with Crippen LogP contribution in [0.25, 0.3) is 6.08 Å². The molecule has 2 heterocycles. The molecule has 3 N–H and O–H groups in total. The number of ketones is 1. The summed E-state index contributed by atoms with van der Waals surface area (Å²) in [6, 6.07) is 4.68. The fraction of sp³-hybridized carbons (Fsp3) is 0.558. The van der Waals surface area contributed by atoms with Gasteiger partial charge in [0.05, 0.1) is 13.2 Å². The highest BCUT2D eigenvalue weighted by Gasteiger charge is 2.53. The molecule has 3 rings (SSSR count). The molecule has 13 heteroatoms. The van der Waals surface area contributed by atoms with Gasteiger partial charge in [0.15, 0.2) is 5.78 Å². The van der Waals surface area contributed by atoms with Crippen molar-refractivity contribution in [2.24, 2.45) is 11.8 Å². The number of hydrogen-bond acceptors (Lipinski definition) is 10. The lowest BCUT2D eigenvalue weighted by molar-refractivity contribution is -0.167. The van der Waals surface area contributed by atoms with Crippen molar-refractivity contribution in [1.82, 2.24) is 15.1 Å². The van der Waals surface area contributed by atoms with Gasteiger partial charge < -0.3 is 34.2 Å².